The van der Waals surface area contributed by atoms with Crippen molar-refractivity contribution in [2.45, 2.75) is 29.4 Å². The van der Waals surface area contributed by atoms with Gasteiger partial charge in [0.15, 0.2) is 11.6 Å². The van der Waals surface area contributed by atoms with E-state index in [0.29, 0.717) is 28.8 Å². The molecular formula is C20H21ClF2N2O3S. The molecule has 3 N–H and O–H groups in total. The number of rotatable bonds is 7. The molecule has 9 heteroatoms. The second-order valence-corrected chi connectivity index (χ2v) is 7.94. The number of hydrogen-bond acceptors (Lipinski definition) is 4. The number of hydrogen-bond donors (Lipinski definition) is 3. The summed E-state index contributed by atoms with van der Waals surface area (Å²) in [6.07, 6.45) is 4.10. The average molecular weight is 443 g/mol. The van der Waals surface area contributed by atoms with E-state index in [1.54, 1.807) is 30.0 Å². The highest BCUT2D eigenvalue weighted by Gasteiger charge is 2.20. The van der Waals surface area contributed by atoms with Crippen LogP contribution >= 0.6 is 23.4 Å². The number of anilines is 1. The van der Waals surface area contributed by atoms with Gasteiger partial charge in [-0.2, -0.15) is 0 Å². The first-order chi connectivity index (χ1) is 13.9. The molecule has 29 heavy (non-hydrogen) atoms. The van der Waals surface area contributed by atoms with Crippen molar-refractivity contribution in [1.82, 2.24) is 5.32 Å². The summed E-state index contributed by atoms with van der Waals surface area (Å²) < 4.78 is 26.1. The van der Waals surface area contributed by atoms with Crippen molar-refractivity contribution in [3.05, 3.63) is 58.6 Å². The Kier molecular flexibility index (Phi) is 9.37. The van der Waals surface area contributed by atoms with E-state index < -0.39 is 11.6 Å². The predicted molar refractivity (Wildman–Crippen MR) is 110 cm³/mol. The molecule has 5 nitrogen and oxygen atoms in total. The molecule has 0 radical (unpaired) electrons. The minimum absolute atomic E-state index is 0.0126. The van der Waals surface area contributed by atoms with Crippen LogP contribution in [0.3, 0.4) is 0 Å². The number of aliphatic hydroxyl groups excluding tert-OH is 1. The number of aliphatic hydroxyl groups is 1. The lowest BCUT2D eigenvalue weighted by molar-refractivity contribution is -0.109. The van der Waals surface area contributed by atoms with Gasteiger partial charge in [0, 0.05) is 34.0 Å². The molecule has 0 aliphatic heterocycles. The lowest BCUT2D eigenvalue weighted by Crippen LogP contribution is -2.14. The molecule has 3 rings (SSSR count). The zero-order valence-corrected chi connectivity index (χ0v) is 17.0. The van der Waals surface area contributed by atoms with Crippen molar-refractivity contribution < 1.29 is 23.5 Å². The minimum Gasteiger partial charge on any atom is -0.395 e. The molecule has 2 aromatic rings. The number of nitrogens with one attached hydrogen (secondary N) is 2. The van der Waals surface area contributed by atoms with E-state index in [-0.39, 0.29) is 18.2 Å². The molecule has 0 atom stereocenters. The van der Waals surface area contributed by atoms with Crippen molar-refractivity contribution in [3.63, 3.8) is 0 Å². The van der Waals surface area contributed by atoms with Crippen LogP contribution in [0.5, 0.6) is 0 Å². The molecule has 0 heterocycles. The number of thioether (sulfide) groups is 1. The van der Waals surface area contributed by atoms with Gasteiger partial charge < -0.3 is 15.7 Å². The molecule has 2 amide bonds. The summed E-state index contributed by atoms with van der Waals surface area (Å²) in [4.78, 5) is 22.5. The summed E-state index contributed by atoms with van der Waals surface area (Å²) in [6, 6.07) is 8.28. The molecular weight excluding hydrogens is 422 g/mol. The van der Waals surface area contributed by atoms with Crippen LogP contribution in [0.4, 0.5) is 14.5 Å². The van der Waals surface area contributed by atoms with Crippen molar-refractivity contribution in [2.75, 3.05) is 18.5 Å². The third-order valence-corrected chi connectivity index (χ3v) is 5.89. The summed E-state index contributed by atoms with van der Waals surface area (Å²) in [5, 5.41) is 14.0. The van der Waals surface area contributed by atoms with Gasteiger partial charge in [-0.1, -0.05) is 18.0 Å². The van der Waals surface area contributed by atoms with Gasteiger partial charge in [-0.25, -0.2) is 8.78 Å². The largest absolute Gasteiger partial charge is 0.395 e. The quantitative estimate of drug-likeness (QED) is 0.442. The normalized spacial score (nSPS) is 13.0. The van der Waals surface area contributed by atoms with Gasteiger partial charge in [-0.3, -0.25) is 9.59 Å². The maximum Gasteiger partial charge on any atom is 0.255 e. The summed E-state index contributed by atoms with van der Waals surface area (Å²) in [7, 11) is 0. The summed E-state index contributed by atoms with van der Waals surface area (Å²) in [5.41, 5.74) is 0.637. The van der Waals surface area contributed by atoms with Crippen LogP contribution in [0.1, 0.15) is 29.6 Å². The smallest absolute Gasteiger partial charge is 0.255 e. The first kappa shape index (κ1) is 23.1. The topological polar surface area (TPSA) is 78.4 Å². The Bertz CT molecular complexity index is 850. The van der Waals surface area contributed by atoms with Crippen molar-refractivity contribution in [3.8, 4) is 0 Å². The predicted octanol–water partition coefficient (Wildman–Crippen LogP) is 4.24. The van der Waals surface area contributed by atoms with Crippen molar-refractivity contribution >= 4 is 41.4 Å². The van der Waals surface area contributed by atoms with Gasteiger partial charge in [-0.15, -0.1) is 11.8 Å². The van der Waals surface area contributed by atoms with Crippen molar-refractivity contribution in [1.29, 1.82) is 0 Å². The second-order valence-electron chi connectivity index (χ2n) is 6.19. The third-order valence-electron chi connectivity index (χ3n) is 4.06. The molecule has 156 valence electrons. The third kappa shape index (κ3) is 7.30. The fourth-order valence-electron chi connectivity index (χ4n) is 2.30. The highest BCUT2D eigenvalue weighted by Crippen LogP contribution is 2.39. The van der Waals surface area contributed by atoms with Gasteiger partial charge in [0.25, 0.3) is 5.91 Å². The van der Waals surface area contributed by atoms with Crippen molar-refractivity contribution in [2.24, 2.45) is 0 Å². The van der Waals surface area contributed by atoms with Crippen LogP contribution in [0.2, 0.25) is 5.02 Å². The van der Waals surface area contributed by atoms with E-state index in [9.17, 15) is 18.4 Å². The number of benzene rings is 2. The standard InChI is InChI=1S/C17H14ClF2NOS.C3H7NO2/c18-13-6-4-10(8-16(13)23-12-2-1-3-12)17(22)21-11-5-7-14(19)15(20)9-11;5-2-1-4-3-6/h4-9,12H,1-3H2,(H,21,22);3,5H,1-2H2,(H,4,6). The van der Waals surface area contributed by atoms with Crippen LogP contribution < -0.4 is 10.6 Å². The van der Waals surface area contributed by atoms with Gasteiger partial charge in [0.1, 0.15) is 0 Å². The monoisotopic (exact) mass is 442 g/mol. The van der Waals surface area contributed by atoms with E-state index in [1.807, 2.05) is 0 Å². The fraction of sp³-hybridized carbons (Fsp3) is 0.300. The maximum absolute atomic E-state index is 13.2. The molecule has 1 saturated carbocycles. The van der Waals surface area contributed by atoms with E-state index in [2.05, 4.69) is 10.6 Å². The highest BCUT2D eigenvalue weighted by atomic mass is 35.5. The van der Waals surface area contributed by atoms with Crippen LogP contribution in [-0.2, 0) is 4.79 Å². The zero-order valence-electron chi connectivity index (χ0n) is 15.5. The van der Waals surface area contributed by atoms with Gasteiger partial charge >= 0.3 is 0 Å². The Morgan fingerprint density at radius 1 is 1.21 bits per heavy atom. The number of carbonyl (C=O) groups excluding carboxylic acids is 2. The first-order valence-electron chi connectivity index (χ1n) is 8.95. The van der Waals surface area contributed by atoms with Gasteiger partial charge in [0.05, 0.1) is 11.6 Å². The van der Waals surface area contributed by atoms with E-state index in [1.165, 1.54) is 12.5 Å². The fourth-order valence-corrected chi connectivity index (χ4v) is 3.86. The van der Waals surface area contributed by atoms with E-state index >= 15 is 0 Å². The van der Waals surface area contributed by atoms with Crippen LogP contribution in [0.15, 0.2) is 41.3 Å². The van der Waals surface area contributed by atoms with Crippen LogP contribution in [0.25, 0.3) is 0 Å². The molecule has 0 saturated heterocycles. The van der Waals surface area contributed by atoms with E-state index in [4.69, 9.17) is 16.7 Å². The average Bonchev–Trinajstić information content (AvgIpc) is 2.67. The second kappa shape index (κ2) is 11.7. The minimum atomic E-state index is -1.000. The molecule has 0 unspecified atom stereocenters. The molecule has 0 bridgehead atoms. The molecule has 0 aromatic heterocycles. The Morgan fingerprint density at radius 3 is 2.52 bits per heavy atom. The SMILES string of the molecule is O=C(Nc1ccc(F)c(F)c1)c1ccc(Cl)c(SC2CCC2)c1.O=CNCCO. The van der Waals surface area contributed by atoms with Gasteiger partial charge in [0.2, 0.25) is 6.41 Å². The van der Waals surface area contributed by atoms with Crippen LogP contribution in [-0.4, -0.2) is 35.8 Å². The maximum atomic E-state index is 13.2. The molecule has 1 aliphatic rings. The van der Waals surface area contributed by atoms with Crippen LogP contribution in [0, 0.1) is 11.6 Å². The zero-order chi connectivity index (χ0) is 21.2. The summed E-state index contributed by atoms with van der Waals surface area (Å²) in [6.45, 7) is 0.363. The summed E-state index contributed by atoms with van der Waals surface area (Å²) in [5.74, 6) is -2.34. The number of amides is 2. The highest BCUT2D eigenvalue weighted by molar-refractivity contribution is 8.00. The lowest BCUT2D eigenvalue weighted by atomic mass is 10.00. The Morgan fingerprint density at radius 2 is 1.97 bits per heavy atom. The van der Waals surface area contributed by atoms with E-state index in [0.717, 1.165) is 29.9 Å². The first-order valence-corrected chi connectivity index (χ1v) is 10.2. The lowest BCUT2D eigenvalue weighted by Gasteiger charge is -2.25. The Balaban J connectivity index is 0.000000438. The molecule has 0 spiro atoms. The molecule has 1 fully saturated rings. The molecule has 1 aliphatic carbocycles. The number of halogens is 3. The summed E-state index contributed by atoms with van der Waals surface area (Å²) >= 11 is 7.86. The molecule has 2 aromatic carbocycles. The van der Waals surface area contributed by atoms with Gasteiger partial charge in [-0.05, 0) is 43.2 Å². The Hall–Kier alpha value is -2.16. The Labute approximate surface area is 176 Å². The number of carbonyl (C=O) groups is 2.